The Morgan fingerprint density at radius 3 is 1.58 bits per heavy atom. The Labute approximate surface area is 295 Å². The number of benzene rings is 7. The van der Waals surface area contributed by atoms with Gasteiger partial charge in [0.2, 0.25) is 0 Å². The SMILES string of the molecule is C=C(C)c1ccc(-c2cc(-c3ccc(CCCCc4cc(CO)c(O)c(CO)c4)cc3)c3ccc4cc(C(C)(C)C)cc5ccc2c3c45)cc1. The summed E-state index contributed by atoms with van der Waals surface area (Å²) in [6, 6.07) is 38.0. The second kappa shape index (κ2) is 13.4. The van der Waals surface area contributed by atoms with Gasteiger partial charge in [-0.3, -0.25) is 0 Å². The number of aliphatic hydroxyl groups is 2. The molecule has 0 bridgehead atoms. The smallest absolute Gasteiger partial charge is 0.126 e. The van der Waals surface area contributed by atoms with E-state index in [2.05, 4.69) is 125 Å². The van der Waals surface area contributed by atoms with Gasteiger partial charge in [-0.2, -0.15) is 0 Å². The van der Waals surface area contributed by atoms with E-state index in [1.54, 1.807) is 0 Å². The number of aryl methyl sites for hydroxylation is 2. The molecule has 0 saturated carbocycles. The Bertz CT molecular complexity index is 2290. The third-order valence-corrected chi connectivity index (χ3v) is 10.4. The topological polar surface area (TPSA) is 60.7 Å². The Morgan fingerprint density at radius 2 is 1.10 bits per heavy atom. The second-order valence-electron chi connectivity index (χ2n) is 15.0. The van der Waals surface area contributed by atoms with Crippen LogP contribution in [0.3, 0.4) is 0 Å². The molecule has 0 aromatic heterocycles. The summed E-state index contributed by atoms with van der Waals surface area (Å²) in [7, 11) is 0. The predicted molar refractivity (Wildman–Crippen MR) is 211 cm³/mol. The maximum Gasteiger partial charge on any atom is 0.126 e. The van der Waals surface area contributed by atoms with Gasteiger partial charge in [0.1, 0.15) is 5.75 Å². The molecule has 7 rings (SSSR count). The van der Waals surface area contributed by atoms with E-state index in [4.69, 9.17) is 0 Å². The van der Waals surface area contributed by atoms with Crippen LogP contribution in [0.4, 0.5) is 0 Å². The highest BCUT2D eigenvalue weighted by Crippen LogP contribution is 2.45. The van der Waals surface area contributed by atoms with Crippen molar-refractivity contribution in [2.24, 2.45) is 0 Å². The number of aromatic hydroxyl groups is 1. The number of hydrogen-bond donors (Lipinski definition) is 3. The Morgan fingerprint density at radius 1 is 0.600 bits per heavy atom. The Hall–Kier alpha value is -4.96. The van der Waals surface area contributed by atoms with Crippen LogP contribution in [0.15, 0.2) is 110 Å². The van der Waals surface area contributed by atoms with E-state index in [0.29, 0.717) is 11.1 Å². The number of phenols is 1. The van der Waals surface area contributed by atoms with Gasteiger partial charge >= 0.3 is 0 Å². The van der Waals surface area contributed by atoms with Crippen LogP contribution in [-0.4, -0.2) is 15.3 Å². The molecule has 0 aliphatic rings. The molecule has 0 saturated heterocycles. The minimum Gasteiger partial charge on any atom is -0.507 e. The van der Waals surface area contributed by atoms with E-state index >= 15 is 0 Å². The standard InChI is InChI=1S/C47H46O3/c1-29(2)32-14-16-34(17-15-32)43-26-42(40-20-18-35-24-39(47(3,4)5)25-36-19-21-41(43)45(40)44(35)36)33-12-10-30(11-13-33)8-6-7-9-31-22-37(27-48)46(50)38(23-31)28-49/h10-26,48-50H,1,6-9,27-28H2,2-5H3. The zero-order valence-electron chi connectivity index (χ0n) is 29.6. The molecule has 0 fully saturated rings. The minimum absolute atomic E-state index is 0.00834. The predicted octanol–water partition coefficient (Wildman–Crippen LogP) is 11.5. The lowest BCUT2D eigenvalue weighted by Gasteiger charge is -2.23. The van der Waals surface area contributed by atoms with Crippen LogP contribution in [0.25, 0.3) is 60.1 Å². The quantitative estimate of drug-likeness (QED) is 0.101. The van der Waals surface area contributed by atoms with Gasteiger partial charge in [0, 0.05) is 11.1 Å². The lowest BCUT2D eigenvalue weighted by molar-refractivity contribution is 0.263. The number of rotatable bonds is 10. The highest BCUT2D eigenvalue weighted by molar-refractivity contribution is 6.28. The van der Waals surface area contributed by atoms with Gasteiger partial charge in [-0.15, -0.1) is 0 Å². The van der Waals surface area contributed by atoms with Crippen molar-refractivity contribution in [1.82, 2.24) is 0 Å². The maximum atomic E-state index is 10.2. The number of hydrogen-bond acceptors (Lipinski definition) is 3. The molecule has 50 heavy (non-hydrogen) atoms. The molecule has 0 unspecified atom stereocenters. The normalized spacial score (nSPS) is 12.0. The van der Waals surface area contributed by atoms with Crippen molar-refractivity contribution in [3.63, 3.8) is 0 Å². The van der Waals surface area contributed by atoms with Crippen LogP contribution in [-0.2, 0) is 31.5 Å². The summed E-state index contributed by atoms with van der Waals surface area (Å²) in [6.07, 6.45) is 3.78. The summed E-state index contributed by atoms with van der Waals surface area (Å²) in [4.78, 5) is 0. The van der Waals surface area contributed by atoms with Crippen molar-refractivity contribution >= 4 is 37.9 Å². The molecule has 0 radical (unpaired) electrons. The van der Waals surface area contributed by atoms with Gasteiger partial charge in [0.25, 0.3) is 0 Å². The van der Waals surface area contributed by atoms with Crippen molar-refractivity contribution in [2.45, 2.75) is 72.0 Å². The Balaban J connectivity index is 1.24. The largest absolute Gasteiger partial charge is 0.507 e. The van der Waals surface area contributed by atoms with E-state index in [0.717, 1.165) is 42.4 Å². The first kappa shape index (κ1) is 33.5. The molecule has 3 N–H and O–H groups in total. The van der Waals surface area contributed by atoms with Gasteiger partial charge in [-0.1, -0.05) is 118 Å². The van der Waals surface area contributed by atoms with Crippen LogP contribution >= 0.6 is 0 Å². The van der Waals surface area contributed by atoms with Gasteiger partial charge in [0.15, 0.2) is 0 Å². The van der Waals surface area contributed by atoms with Gasteiger partial charge in [-0.05, 0) is 133 Å². The lowest BCUT2D eigenvalue weighted by atomic mass is 9.81. The van der Waals surface area contributed by atoms with E-state index in [1.807, 2.05) is 12.1 Å². The second-order valence-corrected chi connectivity index (χ2v) is 15.0. The fourth-order valence-corrected chi connectivity index (χ4v) is 7.49. The zero-order chi connectivity index (χ0) is 35.2. The average molecular weight is 659 g/mol. The van der Waals surface area contributed by atoms with Crippen molar-refractivity contribution in [1.29, 1.82) is 0 Å². The molecule has 0 amide bonds. The minimum atomic E-state index is -0.244. The fraction of sp³-hybridized carbons (Fsp3) is 0.234. The molecule has 0 aliphatic heterocycles. The number of aliphatic hydroxyl groups excluding tert-OH is 2. The summed E-state index contributed by atoms with van der Waals surface area (Å²) in [5, 5.41) is 37.2. The van der Waals surface area contributed by atoms with Crippen LogP contribution in [0, 0.1) is 0 Å². The van der Waals surface area contributed by atoms with E-state index in [-0.39, 0.29) is 24.4 Å². The van der Waals surface area contributed by atoms with Crippen LogP contribution < -0.4 is 0 Å². The van der Waals surface area contributed by atoms with Crippen LogP contribution in [0.2, 0.25) is 0 Å². The van der Waals surface area contributed by atoms with Crippen molar-refractivity contribution in [3.05, 3.63) is 143 Å². The lowest BCUT2D eigenvalue weighted by Crippen LogP contribution is -2.10. The molecule has 0 atom stereocenters. The van der Waals surface area contributed by atoms with Crippen LogP contribution in [0.5, 0.6) is 5.75 Å². The van der Waals surface area contributed by atoms with Gasteiger partial charge < -0.3 is 15.3 Å². The fourth-order valence-electron chi connectivity index (χ4n) is 7.49. The summed E-state index contributed by atoms with van der Waals surface area (Å²) in [5.74, 6) is -0.00834. The first-order valence-corrected chi connectivity index (χ1v) is 17.7. The summed E-state index contributed by atoms with van der Waals surface area (Å²) in [6.45, 7) is 12.6. The third-order valence-electron chi connectivity index (χ3n) is 10.4. The molecular formula is C47H46O3. The van der Waals surface area contributed by atoms with E-state index in [1.165, 1.54) is 65.7 Å². The number of unbranched alkanes of at least 4 members (excludes halogenated alkanes) is 1. The van der Waals surface area contributed by atoms with E-state index < -0.39 is 0 Å². The molecule has 7 aromatic carbocycles. The third kappa shape index (κ3) is 6.28. The Kier molecular flexibility index (Phi) is 8.98. The zero-order valence-corrected chi connectivity index (χ0v) is 29.6. The molecule has 3 heteroatoms. The first-order chi connectivity index (χ1) is 24.0. The van der Waals surface area contributed by atoms with Crippen LogP contribution in [0.1, 0.15) is 73.9 Å². The maximum absolute atomic E-state index is 10.2. The molecular weight excluding hydrogens is 613 g/mol. The van der Waals surface area contributed by atoms with E-state index in [9.17, 15) is 15.3 Å². The molecule has 0 heterocycles. The molecule has 7 aromatic rings. The molecule has 0 aliphatic carbocycles. The van der Waals surface area contributed by atoms with Crippen molar-refractivity contribution in [2.75, 3.05) is 0 Å². The molecule has 0 spiro atoms. The average Bonchev–Trinajstić information content (AvgIpc) is 3.12. The van der Waals surface area contributed by atoms with Crippen molar-refractivity contribution < 1.29 is 15.3 Å². The monoisotopic (exact) mass is 658 g/mol. The highest BCUT2D eigenvalue weighted by atomic mass is 16.3. The van der Waals surface area contributed by atoms with Crippen molar-refractivity contribution in [3.8, 4) is 28.0 Å². The van der Waals surface area contributed by atoms with Gasteiger partial charge in [0.05, 0.1) is 13.2 Å². The first-order valence-electron chi connectivity index (χ1n) is 17.7. The van der Waals surface area contributed by atoms with Gasteiger partial charge in [-0.25, -0.2) is 0 Å². The molecule has 252 valence electrons. The summed E-state index contributed by atoms with van der Waals surface area (Å²) < 4.78 is 0. The summed E-state index contributed by atoms with van der Waals surface area (Å²) >= 11 is 0. The highest BCUT2D eigenvalue weighted by Gasteiger charge is 2.20. The number of allylic oxidation sites excluding steroid dienone is 1. The summed E-state index contributed by atoms with van der Waals surface area (Å²) in [5.41, 5.74) is 11.8. The molecule has 3 nitrogen and oxygen atoms in total.